The lowest BCUT2D eigenvalue weighted by atomic mass is 9.78. The Kier molecular flexibility index (Phi) is 5.26. The van der Waals surface area contributed by atoms with Crippen molar-refractivity contribution in [3.63, 3.8) is 0 Å². The molecule has 0 saturated heterocycles. The van der Waals surface area contributed by atoms with E-state index in [2.05, 4.69) is 24.5 Å². The largest absolute Gasteiger partial charge is 0.355 e. The average Bonchev–Trinajstić information content (AvgIpc) is 2.23. The first kappa shape index (κ1) is 13.5. The van der Waals surface area contributed by atoms with Gasteiger partial charge in [0.1, 0.15) is 0 Å². The molecule has 1 aliphatic carbocycles. The monoisotopic (exact) mass is 226 g/mol. The summed E-state index contributed by atoms with van der Waals surface area (Å²) < 4.78 is 0. The van der Waals surface area contributed by atoms with Crippen LogP contribution in [0.3, 0.4) is 0 Å². The van der Waals surface area contributed by atoms with Crippen molar-refractivity contribution in [1.82, 2.24) is 10.6 Å². The maximum absolute atomic E-state index is 11.7. The summed E-state index contributed by atoms with van der Waals surface area (Å²) in [5.74, 6) is 1.48. The molecule has 0 aromatic heterocycles. The molecule has 1 fully saturated rings. The molecule has 0 bridgehead atoms. The highest BCUT2D eigenvalue weighted by molar-refractivity contribution is 5.81. The van der Waals surface area contributed by atoms with E-state index >= 15 is 0 Å². The van der Waals surface area contributed by atoms with Gasteiger partial charge in [0.15, 0.2) is 0 Å². The molecule has 0 aliphatic heterocycles. The predicted molar refractivity (Wildman–Crippen MR) is 67.2 cm³/mol. The van der Waals surface area contributed by atoms with E-state index < -0.39 is 0 Å². The fraction of sp³-hybridized carbons (Fsp3) is 0.923. The average molecular weight is 226 g/mol. The van der Waals surface area contributed by atoms with Gasteiger partial charge in [0.05, 0.1) is 6.04 Å². The van der Waals surface area contributed by atoms with Crippen LogP contribution in [0, 0.1) is 11.8 Å². The van der Waals surface area contributed by atoms with E-state index in [0.717, 1.165) is 0 Å². The van der Waals surface area contributed by atoms with Gasteiger partial charge in [0.2, 0.25) is 5.91 Å². The maximum Gasteiger partial charge on any atom is 0.236 e. The predicted octanol–water partition coefficient (Wildman–Crippen LogP) is 1.93. The van der Waals surface area contributed by atoms with Crippen molar-refractivity contribution < 1.29 is 4.79 Å². The Hall–Kier alpha value is -0.570. The Morgan fingerprint density at radius 2 is 1.88 bits per heavy atom. The summed E-state index contributed by atoms with van der Waals surface area (Å²) in [6.07, 6.45) is 3.89. The molecule has 1 saturated carbocycles. The van der Waals surface area contributed by atoms with Gasteiger partial charge in [-0.25, -0.2) is 0 Å². The van der Waals surface area contributed by atoms with Crippen molar-refractivity contribution in [2.24, 2.45) is 11.8 Å². The zero-order chi connectivity index (χ0) is 12.1. The van der Waals surface area contributed by atoms with Gasteiger partial charge in [-0.2, -0.15) is 0 Å². The Labute approximate surface area is 99.4 Å². The van der Waals surface area contributed by atoms with E-state index in [1.807, 2.05) is 13.8 Å². The minimum atomic E-state index is -0.0760. The molecular weight excluding hydrogens is 200 g/mol. The Morgan fingerprint density at radius 1 is 1.31 bits per heavy atom. The SMILES string of the molecule is CCNC(=O)C(C)NC1C(C)CCCC1C. The summed E-state index contributed by atoms with van der Waals surface area (Å²) in [5.41, 5.74) is 0. The van der Waals surface area contributed by atoms with E-state index in [4.69, 9.17) is 0 Å². The zero-order valence-electron chi connectivity index (χ0n) is 11.0. The number of nitrogens with one attached hydrogen (secondary N) is 2. The van der Waals surface area contributed by atoms with Crippen LogP contribution in [0.1, 0.15) is 47.0 Å². The third-order valence-corrected chi connectivity index (χ3v) is 3.73. The van der Waals surface area contributed by atoms with Crippen molar-refractivity contribution >= 4 is 5.91 Å². The van der Waals surface area contributed by atoms with Crippen LogP contribution in [0.5, 0.6) is 0 Å². The molecule has 94 valence electrons. The second-order valence-electron chi connectivity index (χ2n) is 5.19. The third kappa shape index (κ3) is 3.48. The lowest BCUT2D eigenvalue weighted by molar-refractivity contribution is -0.123. The molecular formula is C13H26N2O. The lowest BCUT2D eigenvalue weighted by Crippen LogP contribution is -2.52. The Bertz CT molecular complexity index is 220. The molecule has 3 nitrogen and oxygen atoms in total. The smallest absolute Gasteiger partial charge is 0.236 e. The molecule has 3 unspecified atom stereocenters. The summed E-state index contributed by atoms with van der Waals surface area (Å²) in [5, 5.41) is 6.35. The van der Waals surface area contributed by atoms with Crippen LogP contribution in [-0.4, -0.2) is 24.5 Å². The fourth-order valence-electron chi connectivity index (χ4n) is 2.70. The summed E-state index contributed by atoms with van der Waals surface area (Å²) in [4.78, 5) is 11.7. The summed E-state index contributed by atoms with van der Waals surface area (Å²) in [6, 6.07) is 0.416. The summed E-state index contributed by atoms with van der Waals surface area (Å²) >= 11 is 0. The molecule has 0 spiro atoms. The number of likely N-dealkylation sites (N-methyl/N-ethyl adjacent to an activating group) is 1. The van der Waals surface area contributed by atoms with Crippen molar-refractivity contribution in [3.05, 3.63) is 0 Å². The molecule has 0 aromatic carbocycles. The topological polar surface area (TPSA) is 41.1 Å². The molecule has 1 aliphatic rings. The lowest BCUT2D eigenvalue weighted by Gasteiger charge is -2.36. The van der Waals surface area contributed by atoms with Crippen LogP contribution in [-0.2, 0) is 4.79 Å². The number of rotatable bonds is 4. The van der Waals surface area contributed by atoms with Crippen molar-refractivity contribution in [2.75, 3.05) is 6.54 Å². The first-order chi connectivity index (χ1) is 7.56. The Morgan fingerprint density at radius 3 is 2.38 bits per heavy atom. The quantitative estimate of drug-likeness (QED) is 0.769. The highest BCUT2D eigenvalue weighted by atomic mass is 16.2. The molecule has 0 heterocycles. The molecule has 2 N–H and O–H groups in total. The minimum absolute atomic E-state index is 0.0760. The highest BCUT2D eigenvalue weighted by Crippen LogP contribution is 2.28. The first-order valence-electron chi connectivity index (χ1n) is 6.60. The van der Waals surface area contributed by atoms with E-state index in [0.29, 0.717) is 24.4 Å². The number of carbonyl (C=O) groups excluding carboxylic acids is 1. The van der Waals surface area contributed by atoms with Gasteiger partial charge < -0.3 is 10.6 Å². The normalized spacial score (nSPS) is 32.1. The van der Waals surface area contributed by atoms with Crippen molar-refractivity contribution in [3.8, 4) is 0 Å². The van der Waals surface area contributed by atoms with Gasteiger partial charge >= 0.3 is 0 Å². The highest BCUT2D eigenvalue weighted by Gasteiger charge is 2.29. The molecule has 3 atom stereocenters. The second kappa shape index (κ2) is 6.24. The van der Waals surface area contributed by atoms with E-state index in [-0.39, 0.29) is 11.9 Å². The van der Waals surface area contributed by atoms with Crippen LogP contribution in [0.4, 0.5) is 0 Å². The fourth-order valence-corrected chi connectivity index (χ4v) is 2.70. The summed E-state index contributed by atoms with van der Waals surface area (Å²) in [6.45, 7) is 9.20. The van der Waals surface area contributed by atoms with Gasteiger partial charge in [-0.15, -0.1) is 0 Å². The van der Waals surface area contributed by atoms with E-state index in [9.17, 15) is 4.79 Å². The van der Waals surface area contributed by atoms with Crippen LogP contribution in [0.15, 0.2) is 0 Å². The van der Waals surface area contributed by atoms with Gasteiger partial charge in [0, 0.05) is 12.6 Å². The van der Waals surface area contributed by atoms with Gasteiger partial charge in [-0.3, -0.25) is 4.79 Å². The number of carbonyl (C=O) groups is 1. The van der Waals surface area contributed by atoms with Gasteiger partial charge in [-0.05, 0) is 38.5 Å². The van der Waals surface area contributed by atoms with Gasteiger partial charge in [-0.1, -0.05) is 20.3 Å². The van der Waals surface area contributed by atoms with Crippen molar-refractivity contribution in [2.45, 2.75) is 59.0 Å². The minimum Gasteiger partial charge on any atom is -0.355 e. The van der Waals surface area contributed by atoms with E-state index in [1.54, 1.807) is 0 Å². The third-order valence-electron chi connectivity index (χ3n) is 3.73. The second-order valence-corrected chi connectivity index (χ2v) is 5.19. The summed E-state index contributed by atoms with van der Waals surface area (Å²) in [7, 11) is 0. The van der Waals surface area contributed by atoms with Crippen molar-refractivity contribution in [1.29, 1.82) is 0 Å². The molecule has 3 heteroatoms. The molecule has 16 heavy (non-hydrogen) atoms. The van der Waals surface area contributed by atoms with E-state index in [1.165, 1.54) is 19.3 Å². The maximum atomic E-state index is 11.7. The van der Waals surface area contributed by atoms with Crippen LogP contribution < -0.4 is 10.6 Å². The molecule has 0 radical (unpaired) electrons. The van der Waals surface area contributed by atoms with Crippen LogP contribution in [0.25, 0.3) is 0 Å². The molecule has 0 aromatic rings. The zero-order valence-corrected chi connectivity index (χ0v) is 11.0. The molecule has 1 rings (SSSR count). The first-order valence-corrected chi connectivity index (χ1v) is 6.60. The number of hydrogen-bond donors (Lipinski definition) is 2. The Balaban J connectivity index is 2.47. The number of hydrogen-bond acceptors (Lipinski definition) is 2. The van der Waals surface area contributed by atoms with Crippen LogP contribution in [0.2, 0.25) is 0 Å². The standard InChI is InChI=1S/C13H26N2O/c1-5-14-13(16)11(4)15-12-9(2)7-6-8-10(12)3/h9-12,15H,5-8H2,1-4H3,(H,14,16). The van der Waals surface area contributed by atoms with Gasteiger partial charge in [0.25, 0.3) is 0 Å². The van der Waals surface area contributed by atoms with Crippen LogP contribution >= 0.6 is 0 Å². The number of amides is 1. The molecule has 1 amide bonds.